The number of hydrogen-bond donors (Lipinski definition) is 2. The fraction of sp³-hybridized carbons (Fsp3) is 0.154. The maximum atomic E-state index is 12.8. The highest BCUT2D eigenvalue weighted by atomic mass is 32.1. The molecule has 20 heavy (non-hydrogen) atoms. The van der Waals surface area contributed by atoms with Crippen molar-refractivity contribution in [1.82, 2.24) is 0 Å². The number of thiophene rings is 1. The predicted molar refractivity (Wildman–Crippen MR) is 72.2 cm³/mol. The molecule has 3 nitrogen and oxygen atoms in total. The normalized spacial score (nSPS) is 11.1. The third-order valence-electron chi connectivity index (χ3n) is 2.64. The summed E-state index contributed by atoms with van der Waals surface area (Å²) in [6, 6.07) is 8.82. The molecule has 1 aromatic carbocycles. The molecular formula is C13H10F3N3S. The lowest BCUT2D eigenvalue weighted by Gasteiger charge is -2.13. The van der Waals surface area contributed by atoms with Crippen LogP contribution in [0.4, 0.5) is 23.9 Å². The third-order valence-corrected chi connectivity index (χ3v) is 3.65. The molecule has 0 aliphatic heterocycles. The average Bonchev–Trinajstić information content (AvgIpc) is 2.76. The highest BCUT2D eigenvalue weighted by molar-refractivity contribution is 7.17. The van der Waals surface area contributed by atoms with E-state index in [1.165, 1.54) is 12.1 Å². The Hall–Kier alpha value is -2.20. The van der Waals surface area contributed by atoms with Crippen LogP contribution in [-0.4, -0.2) is 0 Å². The van der Waals surface area contributed by atoms with Gasteiger partial charge in [-0.1, -0.05) is 18.2 Å². The summed E-state index contributed by atoms with van der Waals surface area (Å²) in [6.07, 6.45) is -4.38. The van der Waals surface area contributed by atoms with Crippen LogP contribution in [0.1, 0.15) is 16.0 Å². The Morgan fingerprint density at radius 1 is 1.30 bits per heavy atom. The maximum absolute atomic E-state index is 12.8. The van der Waals surface area contributed by atoms with E-state index in [0.29, 0.717) is 15.6 Å². The topological polar surface area (TPSA) is 61.8 Å². The second kappa shape index (κ2) is 5.43. The molecule has 2 rings (SSSR count). The first-order valence-electron chi connectivity index (χ1n) is 5.60. The first-order valence-corrected chi connectivity index (χ1v) is 6.42. The Bertz CT molecular complexity index is 656. The summed E-state index contributed by atoms with van der Waals surface area (Å²) in [6.45, 7) is 0.0144. The van der Waals surface area contributed by atoms with Gasteiger partial charge in [-0.25, -0.2) is 0 Å². The van der Waals surface area contributed by atoms with E-state index in [1.54, 1.807) is 12.1 Å². The van der Waals surface area contributed by atoms with E-state index in [2.05, 4.69) is 5.32 Å². The molecule has 7 heteroatoms. The van der Waals surface area contributed by atoms with E-state index in [0.717, 1.165) is 17.4 Å². The van der Waals surface area contributed by atoms with Gasteiger partial charge < -0.3 is 11.1 Å². The predicted octanol–water partition coefficient (Wildman–Crippen LogP) is 3.83. The number of nitrogens with two attached hydrogens (primary N) is 1. The van der Waals surface area contributed by atoms with Crippen LogP contribution >= 0.6 is 11.3 Å². The van der Waals surface area contributed by atoms with Gasteiger partial charge in [0, 0.05) is 6.54 Å². The minimum atomic E-state index is -4.38. The number of nitrogens with zero attached hydrogens (tertiary/aromatic N) is 1. The van der Waals surface area contributed by atoms with E-state index >= 15 is 0 Å². The number of hydrogen-bond acceptors (Lipinski definition) is 4. The standard InChI is InChI=1S/C13H10F3N3S/c14-13(15,16)9-4-2-1-3-8(9)7-19-12-5-10(18)11(6-17)20-12/h1-5,19H,7,18H2. The quantitative estimate of drug-likeness (QED) is 0.905. The molecule has 0 spiro atoms. The Kier molecular flexibility index (Phi) is 3.86. The minimum Gasteiger partial charge on any atom is -0.397 e. The molecule has 1 aromatic heterocycles. The summed E-state index contributed by atoms with van der Waals surface area (Å²) >= 11 is 1.11. The summed E-state index contributed by atoms with van der Waals surface area (Å²) in [5, 5.41) is 12.2. The van der Waals surface area contributed by atoms with Crippen molar-refractivity contribution in [1.29, 1.82) is 5.26 Å². The van der Waals surface area contributed by atoms with Crippen molar-refractivity contribution in [2.45, 2.75) is 12.7 Å². The van der Waals surface area contributed by atoms with Gasteiger partial charge in [0.25, 0.3) is 0 Å². The van der Waals surface area contributed by atoms with Gasteiger partial charge in [0.1, 0.15) is 10.9 Å². The molecule has 0 bridgehead atoms. The SMILES string of the molecule is N#Cc1sc(NCc2ccccc2C(F)(F)F)cc1N. The van der Waals surface area contributed by atoms with Crippen LogP contribution in [0.15, 0.2) is 30.3 Å². The average molecular weight is 297 g/mol. The van der Waals surface area contributed by atoms with Crippen LogP contribution < -0.4 is 11.1 Å². The van der Waals surface area contributed by atoms with Gasteiger partial charge >= 0.3 is 6.18 Å². The lowest BCUT2D eigenvalue weighted by atomic mass is 10.1. The largest absolute Gasteiger partial charge is 0.416 e. The summed E-state index contributed by atoms with van der Waals surface area (Å²) in [7, 11) is 0. The van der Waals surface area contributed by atoms with Crippen LogP contribution in [-0.2, 0) is 12.7 Å². The van der Waals surface area contributed by atoms with Crippen LogP contribution in [0.5, 0.6) is 0 Å². The smallest absolute Gasteiger partial charge is 0.397 e. The van der Waals surface area contributed by atoms with Gasteiger partial charge in [-0.05, 0) is 17.7 Å². The van der Waals surface area contributed by atoms with Crippen molar-refractivity contribution in [3.8, 4) is 6.07 Å². The zero-order valence-electron chi connectivity index (χ0n) is 10.2. The number of alkyl halides is 3. The maximum Gasteiger partial charge on any atom is 0.416 e. The Morgan fingerprint density at radius 3 is 2.60 bits per heavy atom. The molecule has 2 aromatic rings. The van der Waals surface area contributed by atoms with Crippen molar-refractivity contribution in [2.75, 3.05) is 11.1 Å². The van der Waals surface area contributed by atoms with E-state index in [1.807, 2.05) is 6.07 Å². The van der Waals surface area contributed by atoms with Gasteiger partial charge in [0.05, 0.1) is 16.3 Å². The van der Waals surface area contributed by atoms with Crippen molar-refractivity contribution in [3.05, 3.63) is 46.3 Å². The first kappa shape index (κ1) is 14.2. The molecule has 0 aliphatic carbocycles. The molecule has 0 saturated heterocycles. The number of rotatable bonds is 3. The summed E-state index contributed by atoms with van der Waals surface area (Å²) in [4.78, 5) is 0.344. The second-order valence-corrected chi connectivity index (χ2v) is 5.07. The summed E-state index contributed by atoms with van der Waals surface area (Å²) < 4.78 is 38.4. The van der Waals surface area contributed by atoms with Crippen molar-refractivity contribution in [2.24, 2.45) is 0 Å². The third kappa shape index (κ3) is 3.03. The zero-order valence-corrected chi connectivity index (χ0v) is 11.0. The highest BCUT2D eigenvalue weighted by Gasteiger charge is 2.32. The van der Waals surface area contributed by atoms with E-state index in [9.17, 15) is 13.2 Å². The highest BCUT2D eigenvalue weighted by Crippen LogP contribution is 2.33. The van der Waals surface area contributed by atoms with Crippen molar-refractivity contribution < 1.29 is 13.2 Å². The molecular weight excluding hydrogens is 287 g/mol. The number of nitrogen functional groups attached to an aromatic ring is 1. The van der Waals surface area contributed by atoms with E-state index in [-0.39, 0.29) is 12.1 Å². The Morgan fingerprint density at radius 2 is 2.00 bits per heavy atom. The molecule has 0 atom stereocenters. The monoisotopic (exact) mass is 297 g/mol. The summed E-state index contributed by atoms with van der Waals surface area (Å²) in [5.41, 5.74) is 5.39. The van der Waals surface area contributed by atoms with Gasteiger partial charge in [0.2, 0.25) is 0 Å². The fourth-order valence-corrected chi connectivity index (χ4v) is 2.49. The van der Waals surface area contributed by atoms with Gasteiger partial charge in [0.15, 0.2) is 0 Å². The lowest BCUT2D eigenvalue weighted by Crippen LogP contribution is -2.11. The lowest BCUT2D eigenvalue weighted by molar-refractivity contribution is -0.138. The van der Waals surface area contributed by atoms with E-state index < -0.39 is 11.7 Å². The molecule has 3 N–H and O–H groups in total. The number of halogens is 3. The minimum absolute atomic E-state index is 0.0144. The number of nitrogens with one attached hydrogen (secondary N) is 1. The van der Waals surface area contributed by atoms with Gasteiger partial charge in [-0.15, -0.1) is 11.3 Å². The van der Waals surface area contributed by atoms with Crippen molar-refractivity contribution in [3.63, 3.8) is 0 Å². The molecule has 0 amide bonds. The fourth-order valence-electron chi connectivity index (χ4n) is 1.71. The molecule has 0 unspecified atom stereocenters. The molecule has 0 aliphatic rings. The Balaban J connectivity index is 2.17. The number of benzene rings is 1. The number of anilines is 2. The van der Waals surface area contributed by atoms with Gasteiger partial charge in [-0.2, -0.15) is 18.4 Å². The molecule has 0 saturated carbocycles. The second-order valence-electron chi connectivity index (χ2n) is 4.02. The molecule has 1 heterocycles. The van der Waals surface area contributed by atoms with Crippen LogP contribution in [0.25, 0.3) is 0 Å². The van der Waals surface area contributed by atoms with Gasteiger partial charge in [-0.3, -0.25) is 0 Å². The van der Waals surface area contributed by atoms with Crippen LogP contribution in [0.3, 0.4) is 0 Å². The first-order chi connectivity index (χ1) is 9.41. The van der Waals surface area contributed by atoms with Crippen LogP contribution in [0, 0.1) is 11.3 Å². The van der Waals surface area contributed by atoms with Crippen LogP contribution in [0.2, 0.25) is 0 Å². The molecule has 0 fully saturated rings. The van der Waals surface area contributed by atoms with E-state index in [4.69, 9.17) is 11.0 Å². The van der Waals surface area contributed by atoms with Crippen molar-refractivity contribution >= 4 is 22.0 Å². The Labute approximate surface area is 117 Å². The summed E-state index contributed by atoms with van der Waals surface area (Å²) in [5.74, 6) is 0. The number of nitriles is 1. The molecule has 104 valence electrons. The zero-order chi connectivity index (χ0) is 14.8. The molecule has 0 radical (unpaired) electrons.